The van der Waals surface area contributed by atoms with Gasteiger partial charge in [0.2, 0.25) is 10.0 Å². The van der Waals surface area contributed by atoms with Crippen LogP contribution in [0.5, 0.6) is 0 Å². The van der Waals surface area contributed by atoms with Gasteiger partial charge in [-0.1, -0.05) is 19.1 Å². The summed E-state index contributed by atoms with van der Waals surface area (Å²) >= 11 is 0. The van der Waals surface area contributed by atoms with Gasteiger partial charge < -0.3 is 5.32 Å². The molecule has 1 aromatic carbocycles. The summed E-state index contributed by atoms with van der Waals surface area (Å²) in [6.45, 7) is 7.00. The normalized spacial score (nSPS) is 15.8. The first-order chi connectivity index (χ1) is 11.3. The van der Waals surface area contributed by atoms with Crippen LogP contribution in [0.1, 0.15) is 37.3 Å². The monoisotopic (exact) mass is 391 g/mol. The molecule has 0 saturated carbocycles. The van der Waals surface area contributed by atoms with E-state index in [1.54, 1.807) is 26.0 Å². The van der Waals surface area contributed by atoms with Crippen LogP contribution >= 0.6 is 12.4 Å². The van der Waals surface area contributed by atoms with Crippen LogP contribution in [0.25, 0.3) is 0 Å². The Bertz CT molecular complexity index is 718. The second-order valence-corrected chi connectivity index (χ2v) is 8.06. The van der Waals surface area contributed by atoms with Crippen molar-refractivity contribution in [3.05, 3.63) is 33.4 Å². The van der Waals surface area contributed by atoms with Crippen molar-refractivity contribution in [3.63, 3.8) is 0 Å². The zero-order chi connectivity index (χ0) is 17.9. The molecule has 0 amide bonds. The summed E-state index contributed by atoms with van der Waals surface area (Å²) in [5.41, 5.74) is 0.485. The van der Waals surface area contributed by atoms with Gasteiger partial charge in [-0.15, -0.1) is 12.4 Å². The second kappa shape index (κ2) is 8.93. The highest BCUT2D eigenvalue weighted by molar-refractivity contribution is 7.89. The number of hydrogen-bond donors (Lipinski definition) is 1. The third kappa shape index (κ3) is 4.49. The molecule has 25 heavy (non-hydrogen) atoms. The van der Waals surface area contributed by atoms with Gasteiger partial charge in [-0.05, 0) is 51.8 Å². The molecule has 0 atom stereocenters. The molecule has 0 radical (unpaired) electrons. The summed E-state index contributed by atoms with van der Waals surface area (Å²) in [6.07, 6.45) is 2.11. The zero-order valence-electron chi connectivity index (χ0n) is 14.8. The van der Waals surface area contributed by atoms with Crippen molar-refractivity contribution < 1.29 is 13.3 Å². The van der Waals surface area contributed by atoms with Crippen LogP contribution in [0.4, 0.5) is 5.69 Å². The first-order valence-corrected chi connectivity index (χ1v) is 9.71. The number of nitrogens with zero attached hydrogens (tertiary/aromatic N) is 2. The Balaban J connectivity index is 0.00000312. The molecule has 142 valence electrons. The van der Waals surface area contributed by atoms with Gasteiger partial charge in [0.15, 0.2) is 4.90 Å². The van der Waals surface area contributed by atoms with Gasteiger partial charge in [-0.3, -0.25) is 10.1 Å². The van der Waals surface area contributed by atoms with Crippen LogP contribution in [-0.4, -0.2) is 43.3 Å². The minimum atomic E-state index is -3.93. The maximum Gasteiger partial charge on any atom is 0.292 e. The topological polar surface area (TPSA) is 92.6 Å². The molecule has 1 aliphatic rings. The molecule has 1 aromatic rings. The van der Waals surface area contributed by atoms with E-state index in [0.717, 1.165) is 25.9 Å². The van der Waals surface area contributed by atoms with E-state index in [2.05, 4.69) is 5.32 Å². The molecule has 1 heterocycles. The molecule has 1 aliphatic heterocycles. The minimum Gasteiger partial charge on any atom is -0.317 e. The van der Waals surface area contributed by atoms with E-state index in [1.165, 1.54) is 4.31 Å². The lowest BCUT2D eigenvalue weighted by Gasteiger charge is -2.33. The molecule has 1 N–H and O–H groups in total. The first kappa shape index (κ1) is 21.8. The van der Waals surface area contributed by atoms with Crippen LogP contribution in [0.2, 0.25) is 0 Å². The smallest absolute Gasteiger partial charge is 0.292 e. The van der Waals surface area contributed by atoms with Crippen molar-refractivity contribution in [3.8, 4) is 0 Å². The Kier molecular flexibility index (Phi) is 7.80. The van der Waals surface area contributed by atoms with Gasteiger partial charge in [0, 0.05) is 18.2 Å². The molecule has 1 fully saturated rings. The number of hydrogen-bond acceptors (Lipinski definition) is 5. The lowest BCUT2D eigenvalue weighted by Crippen LogP contribution is -2.46. The van der Waals surface area contributed by atoms with Crippen LogP contribution < -0.4 is 5.32 Å². The number of benzene rings is 1. The average Bonchev–Trinajstić information content (AvgIpc) is 2.54. The molecular formula is C16H26ClN3O4S. The Morgan fingerprint density at radius 2 is 1.80 bits per heavy atom. The van der Waals surface area contributed by atoms with E-state index in [1.807, 2.05) is 6.92 Å². The molecular weight excluding hydrogens is 366 g/mol. The minimum absolute atomic E-state index is 0. The van der Waals surface area contributed by atoms with Crippen molar-refractivity contribution in [2.75, 3.05) is 19.6 Å². The number of aryl methyl sites for hydroxylation is 2. The molecule has 0 aromatic heterocycles. The number of halogens is 1. The van der Waals surface area contributed by atoms with E-state index in [9.17, 15) is 18.5 Å². The van der Waals surface area contributed by atoms with Gasteiger partial charge in [-0.25, -0.2) is 8.42 Å². The van der Waals surface area contributed by atoms with Crippen molar-refractivity contribution in [1.29, 1.82) is 0 Å². The lowest BCUT2D eigenvalue weighted by molar-refractivity contribution is -0.388. The number of nitrogens with one attached hydrogen (secondary N) is 1. The molecule has 0 unspecified atom stereocenters. The lowest BCUT2D eigenvalue weighted by atomic mass is 10.1. The first-order valence-electron chi connectivity index (χ1n) is 8.27. The van der Waals surface area contributed by atoms with Crippen LogP contribution in [0, 0.1) is 24.0 Å². The highest BCUT2D eigenvalue weighted by Crippen LogP contribution is 2.34. The maximum absolute atomic E-state index is 13.3. The van der Waals surface area contributed by atoms with Gasteiger partial charge in [0.1, 0.15) is 0 Å². The Hall–Kier alpha value is -1.22. The molecule has 0 spiro atoms. The number of nitro groups is 1. The predicted octanol–water partition coefficient (Wildman–Crippen LogP) is 2.79. The van der Waals surface area contributed by atoms with Crippen molar-refractivity contribution in [2.24, 2.45) is 0 Å². The molecule has 9 heteroatoms. The Morgan fingerprint density at radius 1 is 1.24 bits per heavy atom. The van der Waals surface area contributed by atoms with E-state index in [0.29, 0.717) is 24.1 Å². The predicted molar refractivity (Wildman–Crippen MR) is 99.9 cm³/mol. The fraction of sp³-hybridized carbons (Fsp3) is 0.625. The van der Waals surface area contributed by atoms with Crippen LogP contribution in [0.15, 0.2) is 17.0 Å². The van der Waals surface area contributed by atoms with E-state index >= 15 is 0 Å². The quantitative estimate of drug-likeness (QED) is 0.594. The Morgan fingerprint density at radius 3 is 2.32 bits per heavy atom. The number of piperidine rings is 1. The average molecular weight is 392 g/mol. The number of sulfonamides is 1. The third-order valence-electron chi connectivity index (χ3n) is 4.44. The van der Waals surface area contributed by atoms with Gasteiger partial charge in [-0.2, -0.15) is 4.31 Å². The third-order valence-corrected chi connectivity index (χ3v) is 6.57. The van der Waals surface area contributed by atoms with Gasteiger partial charge in [0.25, 0.3) is 5.69 Å². The molecule has 2 rings (SSSR count). The summed E-state index contributed by atoms with van der Waals surface area (Å²) in [4.78, 5) is 10.8. The summed E-state index contributed by atoms with van der Waals surface area (Å²) in [7, 11) is -3.93. The van der Waals surface area contributed by atoms with Crippen molar-refractivity contribution >= 4 is 28.1 Å². The molecule has 7 nitrogen and oxygen atoms in total. The van der Waals surface area contributed by atoms with E-state index < -0.39 is 14.9 Å². The number of nitro benzene ring substituents is 1. The van der Waals surface area contributed by atoms with E-state index in [-0.39, 0.29) is 29.0 Å². The second-order valence-electron chi connectivity index (χ2n) is 6.23. The fourth-order valence-electron chi connectivity index (χ4n) is 3.25. The SMILES string of the molecule is CCCN(C1CCNCC1)S(=O)(=O)c1c(C)ccc(C)c1[N+](=O)[O-].Cl. The van der Waals surface area contributed by atoms with Gasteiger partial charge >= 0.3 is 0 Å². The summed E-state index contributed by atoms with van der Waals surface area (Å²) < 4.78 is 28.1. The molecule has 0 aliphatic carbocycles. The fourth-order valence-corrected chi connectivity index (χ4v) is 5.47. The van der Waals surface area contributed by atoms with Crippen molar-refractivity contribution in [1.82, 2.24) is 9.62 Å². The Labute approximate surface area is 155 Å². The van der Waals surface area contributed by atoms with Crippen molar-refractivity contribution in [2.45, 2.75) is 51.0 Å². The van der Waals surface area contributed by atoms with Crippen LogP contribution in [-0.2, 0) is 10.0 Å². The van der Waals surface area contributed by atoms with Gasteiger partial charge in [0.05, 0.1) is 4.92 Å². The van der Waals surface area contributed by atoms with E-state index in [4.69, 9.17) is 0 Å². The maximum atomic E-state index is 13.3. The van der Waals surface area contributed by atoms with Crippen LogP contribution in [0.3, 0.4) is 0 Å². The summed E-state index contributed by atoms with van der Waals surface area (Å²) in [5.74, 6) is 0. The molecule has 0 bridgehead atoms. The molecule has 1 saturated heterocycles. The summed E-state index contributed by atoms with van der Waals surface area (Å²) in [5, 5.41) is 14.7. The largest absolute Gasteiger partial charge is 0.317 e. The summed E-state index contributed by atoms with van der Waals surface area (Å²) in [6, 6.07) is 3.12. The highest BCUT2D eigenvalue weighted by atomic mass is 35.5. The highest BCUT2D eigenvalue weighted by Gasteiger charge is 2.38. The zero-order valence-corrected chi connectivity index (χ0v) is 16.5. The number of rotatable bonds is 6. The standard InChI is InChI=1S/C16H25N3O4S.ClH/c1-4-11-18(14-7-9-17-10-8-14)24(22,23)16-13(3)6-5-12(2)15(16)19(20)21;/h5-6,14,17H,4,7-11H2,1-3H3;1H.